The Morgan fingerprint density at radius 2 is 1.16 bits per heavy atom. The molecule has 0 amide bonds. The minimum absolute atomic E-state index is 0.801. The van der Waals surface area contributed by atoms with Crippen LogP contribution in [0.25, 0.3) is 0 Å². The molecule has 0 aliphatic carbocycles. The van der Waals surface area contributed by atoms with Crippen LogP contribution in [-0.4, -0.2) is 14.2 Å². The molecular weight excluding hydrogens is 238 g/mol. The lowest BCUT2D eigenvalue weighted by Crippen LogP contribution is -2.08. The van der Waals surface area contributed by atoms with Crippen LogP contribution in [0.2, 0.25) is 0 Å². The zero-order chi connectivity index (χ0) is 13.7. The molecular formula is C16H15NO2. The Hall–Kier alpha value is -2.60. The van der Waals surface area contributed by atoms with Crippen LogP contribution in [0.15, 0.2) is 48.5 Å². The predicted molar refractivity (Wildman–Crippen MR) is 77.0 cm³/mol. The van der Waals surface area contributed by atoms with Gasteiger partial charge in [-0.1, -0.05) is 6.42 Å². The molecule has 0 unspecified atom stereocenters. The molecule has 0 aliphatic rings. The van der Waals surface area contributed by atoms with Crippen molar-refractivity contribution in [3.63, 3.8) is 0 Å². The van der Waals surface area contributed by atoms with E-state index in [9.17, 15) is 0 Å². The van der Waals surface area contributed by atoms with Gasteiger partial charge in [0.15, 0.2) is 0 Å². The zero-order valence-electron chi connectivity index (χ0n) is 11.0. The average Bonchev–Trinajstić information content (AvgIpc) is 2.49. The molecule has 96 valence electrons. The molecule has 2 aromatic carbocycles. The number of nitrogens with zero attached hydrogens (tertiary/aromatic N) is 1. The summed E-state index contributed by atoms with van der Waals surface area (Å²) in [6, 6.07) is 17.9. The molecule has 0 aliphatic heterocycles. The Bertz CT molecular complexity index is 520. The van der Waals surface area contributed by atoms with Gasteiger partial charge in [0.1, 0.15) is 11.5 Å². The van der Waals surface area contributed by atoms with Crippen molar-refractivity contribution in [3.05, 3.63) is 48.5 Å². The van der Waals surface area contributed by atoms with Gasteiger partial charge in [0.05, 0.1) is 25.6 Å². The fourth-order valence-corrected chi connectivity index (χ4v) is 1.76. The van der Waals surface area contributed by atoms with Crippen LogP contribution >= 0.6 is 0 Å². The van der Waals surface area contributed by atoms with E-state index in [1.807, 2.05) is 48.5 Å². The fraction of sp³-hybridized carbons (Fsp3) is 0.125. The molecule has 3 heteroatoms. The molecule has 2 aromatic rings. The third-order valence-corrected chi connectivity index (χ3v) is 2.79. The first kappa shape index (κ1) is 12.8. The van der Waals surface area contributed by atoms with E-state index in [-0.39, 0.29) is 0 Å². The maximum absolute atomic E-state index is 5.59. The monoisotopic (exact) mass is 253 g/mol. The first-order valence-electron chi connectivity index (χ1n) is 5.83. The van der Waals surface area contributed by atoms with Crippen LogP contribution in [0.1, 0.15) is 0 Å². The van der Waals surface area contributed by atoms with Crippen molar-refractivity contribution in [1.82, 2.24) is 0 Å². The molecule has 0 N–H and O–H groups in total. The number of anilines is 2. The van der Waals surface area contributed by atoms with Crippen LogP contribution in [0, 0.1) is 12.5 Å². The number of terminal acetylenes is 1. The summed E-state index contributed by atoms with van der Waals surface area (Å²) in [6.45, 7) is 0. The van der Waals surface area contributed by atoms with Gasteiger partial charge < -0.3 is 9.47 Å². The highest BCUT2D eigenvalue weighted by molar-refractivity contribution is 5.68. The smallest absolute Gasteiger partial charge is 0.119 e. The van der Waals surface area contributed by atoms with Gasteiger partial charge in [-0.2, -0.15) is 0 Å². The highest BCUT2D eigenvalue weighted by atomic mass is 16.5. The van der Waals surface area contributed by atoms with Gasteiger partial charge >= 0.3 is 0 Å². The number of benzene rings is 2. The van der Waals surface area contributed by atoms with E-state index in [2.05, 4.69) is 6.04 Å². The molecule has 0 radical (unpaired) electrons. The fourth-order valence-electron chi connectivity index (χ4n) is 1.76. The second kappa shape index (κ2) is 5.83. The summed E-state index contributed by atoms with van der Waals surface area (Å²) in [7, 11) is 3.27. The Morgan fingerprint density at radius 3 is 1.42 bits per heavy atom. The van der Waals surface area contributed by atoms with Gasteiger partial charge in [-0.25, -0.2) is 0 Å². The van der Waals surface area contributed by atoms with Crippen LogP contribution < -0.4 is 14.4 Å². The number of methoxy groups -OCH3 is 2. The standard InChI is InChI=1S/C16H15NO2/c1-4-17(13-5-9-15(18-2)10-6-13)14-7-11-16(19-3)12-8-14/h1,5-12H,2-3H3. The Labute approximate surface area is 113 Å². The summed E-state index contributed by atoms with van der Waals surface area (Å²) in [5.41, 5.74) is 1.82. The van der Waals surface area contributed by atoms with Crippen molar-refractivity contribution in [2.45, 2.75) is 0 Å². The molecule has 0 fully saturated rings. The number of hydrogen-bond acceptors (Lipinski definition) is 3. The topological polar surface area (TPSA) is 21.7 Å². The summed E-state index contributed by atoms with van der Waals surface area (Å²) < 4.78 is 10.3. The largest absolute Gasteiger partial charge is 0.497 e. The Balaban J connectivity index is 2.30. The quantitative estimate of drug-likeness (QED) is 0.615. The SMILES string of the molecule is C#CN(c1ccc(OC)cc1)c1ccc(OC)cc1. The molecule has 0 aromatic heterocycles. The van der Waals surface area contributed by atoms with Gasteiger partial charge in [-0.05, 0) is 48.5 Å². The third kappa shape index (κ3) is 2.80. The van der Waals surface area contributed by atoms with Gasteiger partial charge in [-0.15, -0.1) is 0 Å². The minimum Gasteiger partial charge on any atom is -0.497 e. The molecule has 0 saturated carbocycles. The molecule has 19 heavy (non-hydrogen) atoms. The van der Waals surface area contributed by atoms with Crippen molar-refractivity contribution >= 4 is 11.4 Å². The second-order valence-electron chi connectivity index (χ2n) is 3.86. The van der Waals surface area contributed by atoms with E-state index in [0.29, 0.717) is 0 Å². The normalized spacial score (nSPS) is 9.53. The lowest BCUT2D eigenvalue weighted by molar-refractivity contribution is 0.415. The van der Waals surface area contributed by atoms with E-state index in [0.717, 1.165) is 22.9 Å². The van der Waals surface area contributed by atoms with E-state index in [1.165, 1.54) is 0 Å². The number of hydrogen-bond donors (Lipinski definition) is 0. The van der Waals surface area contributed by atoms with Crippen molar-refractivity contribution in [1.29, 1.82) is 0 Å². The zero-order valence-corrected chi connectivity index (χ0v) is 11.0. The second-order valence-corrected chi connectivity index (χ2v) is 3.86. The molecule has 0 atom stereocenters. The molecule has 3 nitrogen and oxygen atoms in total. The van der Waals surface area contributed by atoms with Crippen LogP contribution in [0.4, 0.5) is 11.4 Å². The van der Waals surface area contributed by atoms with Crippen LogP contribution in [-0.2, 0) is 0 Å². The van der Waals surface area contributed by atoms with E-state index in [1.54, 1.807) is 19.1 Å². The van der Waals surface area contributed by atoms with E-state index in [4.69, 9.17) is 15.9 Å². The predicted octanol–water partition coefficient (Wildman–Crippen LogP) is 3.43. The van der Waals surface area contributed by atoms with Gasteiger partial charge in [0, 0.05) is 6.04 Å². The summed E-state index contributed by atoms with van der Waals surface area (Å²) >= 11 is 0. The summed E-state index contributed by atoms with van der Waals surface area (Å²) in [6.07, 6.45) is 5.59. The van der Waals surface area contributed by atoms with Crippen LogP contribution in [0.5, 0.6) is 11.5 Å². The first-order chi connectivity index (χ1) is 9.28. The molecule has 0 saturated heterocycles. The maximum atomic E-state index is 5.59. The number of rotatable bonds is 4. The van der Waals surface area contributed by atoms with Crippen molar-refractivity contribution in [3.8, 4) is 24.0 Å². The van der Waals surface area contributed by atoms with E-state index < -0.39 is 0 Å². The molecule has 0 heterocycles. The summed E-state index contributed by atoms with van der Waals surface area (Å²) in [5.74, 6) is 1.60. The molecule has 0 spiro atoms. The van der Waals surface area contributed by atoms with Gasteiger partial charge in [-0.3, -0.25) is 4.90 Å². The van der Waals surface area contributed by atoms with Crippen LogP contribution in [0.3, 0.4) is 0 Å². The molecule has 2 rings (SSSR count). The maximum Gasteiger partial charge on any atom is 0.119 e. The lowest BCUT2D eigenvalue weighted by atomic mass is 10.2. The summed E-state index contributed by atoms with van der Waals surface area (Å²) in [5, 5.41) is 0. The Morgan fingerprint density at radius 1 is 0.789 bits per heavy atom. The summed E-state index contributed by atoms with van der Waals surface area (Å²) in [4.78, 5) is 1.76. The Kier molecular flexibility index (Phi) is 3.94. The first-order valence-corrected chi connectivity index (χ1v) is 5.83. The van der Waals surface area contributed by atoms with E-state index >= 15 is 0 Å². The van der Waals surface area contributed by atoms with Crippen molar-refractivity contribution < 1.29 is 9.47 Å². The number of ether oxygens (including phenoxy) is 2. The highest BCUT2D eigenvalue weighted by Gasteiger charge is 2.06. The average molecular weight is 253 g/mol. The highest BCUT2D eigenvalue weighted by Crippen LogP contribution is 2.27. The third-order valence-electron chi connectivity index (χ3n) is 2.79. The van der Waals surface area contributed by atoms with Gasteiger partial charge in [0.2, 0.25) is 0 Å². The van der Waals surface area contributed by atoms with Crippen molar-refractivity contribution in [2.75, 3.05) is 19.1 Å². The van der Waals surface area contributed by atoms with Gasteiger partial charge in [0.25, 0.3) is 0 Å². The molecule has 0 bridgehead atoms. The van der Waals surface area contributed by atoms with Crippen molar-refractivity contribution in [2.24, 2.45) is 0 Å². The minimum atomic E-state index is 0.801. The lowest BCUT2D eigenvalue weighted by Gasteiger charge is -2.18.